The van der Waals surface area contributed by atoms with Gasteiger partial charge in [-0.15, -0.1) is 0 Å². The maximum absolute atomic E-state index is 6.19. The number of hydrogen-bond acceptors (Lipinski definition) is 6. The second-order valence-corrected chi connectivity index (χ2v) is 5.21. The molecule has 21 heavy (non-hydrogen) atoms. The van der Waals surface area contributed by atoms with E-state index in [1.54, 1.807) is 19.2 Å². The molecule has 0 aliphatic carbocycles. The lowest BCUT2D eigenvalue weighted by molar-refractivity contribution is 0.268. The zero-order valence-electron chi connectivity index (χ0n) is 12.2. The molecule has 0 saturated carbocycles. The van der Waals surface area contributed by atoms with E-state index in [-0.39, 0.29) is 12.5 Å². The van der Waals surface area contributed by atoms with Gasteiger partial charge in [-0.1, -0.05) is 30.6 Å². The number of aromatic nitrogens is 2. The maximum Gasteiger partial charge on any atom is 0.229 e. The summed E-state index contributed by atoms with van der Waals surface area (Å²) < 4.78 is 16.0. The van der Waals surface area contributed by atoms with E-state index in [9.17, 15) is 0 Å². The fraction of sp³-hybridized carbons (Fsp3) is 0.429. The Morgan fingerprint density at radius 3 is 2.71 bits per heavy atom. The lowest BCUT2D eigenvalue weighted by Crippen LogP contribution is -2.03. The van der Waals surface area contributed by atoms with E-state index < -0.39 is 0 Å². The van der Waals surface area contributed by atoms with Crippen molar-refractivity contribution in [3.63, 3.8) is 0 Å². The number of nitrogens with zero attached hydrogens (tertiary/aromatic N) is 2. The van der Waals surface area contributed by atoms with Crippen LogP contribution in [0.3, 0.4) is 0 Å². The summed E-state index contributed by atoms with van der Waals surface area (Å²) in [6.07, 6.45) is 0. The van der Waals surface area contributed by atoms with Gasteiger partial charge in [-0.3, -0.25) is 0 Å². The summed E-state index contributed by atoms with van der Waals surface area (Å²) in [6.45, 7) is 4.47. The van der Waals surface area contributed by atoms with Crippen LogP contribution in [-0.4, -0.2) is 17.3 Å². The summed E-state index contributed by atoms with van der Waals surface area (Å²) in [5, 5.41) is 4.29. The summed E-state index contributed by atoms with van der Waals surface area (Å²) in [5.41, 5.74) is 6.47. The van der Waals surface area contributed by atoms with Crippen molar-refractivity contribution in [2.45, 2.75) is 32.9 Å². The minimum atomic E-state index is 0.147. The molecule has 7 heteroatoms. The van der Waals surface area contributed by atoms with Crippen LogP contribution in [0.25, 0.3) is 0 Å². The third kappa shape index (κ3) is 3.65. The molecular formula is C14H18ClN3O3. The van der Waals surface area contributed by atoms with Crippen molar-refractivity contribution < 1.29 is 14.0 Å². The number of rotatable bonds is 6. The molecule has 0 radical (unpaired) electrons. The third-order valence-corrected chi connectivity index (χ3v) is 3.13. The molecular weight excluding hydrogens is 294 g/mol. The topological polar surface area (TPSA) is 83.4 Å². The van der Waals surface area contributed by atoms with Crippen LogP contribution >= 0.6 is 11.6 Å². The minimum absolute atomic E-state index is 0.147. The van der Waals surface area contributed by atoms with Crippen molar-refractivity contribution in [1.29, 1.82) is 0 Å². The van der Waals surface area contributed by atoms with Crippen LogP contribution in [0.15, 0.2) is 16.7 Å². The zero-order chi connectivity index (χ0) is 15.4. The van der Waals surface area contributed by atoms with Gasteiger partial charge < -0.3 is 19.7 Å². The first kappa shape index (κ1) is 15.6. The Kier molecular flexibility index (Phi) is 5.03. The van der Waals surface area contributed by atoms with Gasteiger partial charge in [-0.2, -0.15) is 4.98 Å². The van der Waals surface area contributed by atoms with E-state index in [0.717, 1.165) is 5.56 Å². The first-order valence-electron chi connectivity index (χ1n) is 6.57. The van der Waals surface area contributed by atoms with Gasteiger partial charge in [-0.25, -0.2) is 0 Å². The average molecular weight is 312 g/mol. The van der Waals surface area contributed by atoms with Crippen LogP contribution in [0.1, 0.15) is 37.0 Å². The van der Waals surface area contributed by atoms with Crippen molar-refractivity contribution in [2.24, 2.45) is 5.73 Å². The molecule has 0 saturated heterocycles. The summed E-state index contributed by atoms with van der Waals surface area (Å²) in [7, 11) is 1.55. The van der Waals surface area contributed by atoms with Crippen LogP contribution in [0.4, 0.5) is 0 Å². The quantitative estimate of drug-likeness (QED) is 0.883. The van der Waals surface area contributed by atoms with Gasteiger partial charge in [0.05, 0.1) is 12.1 Å². The molecule has 0 fully saturated rings. The van der Waals surface area contributed by atoms with Gasteiger partial charge in [0, 0.05) is 12.5 Å². The summed E-state index contributed by atoms with van der Waals surface area (Å²) in [5.74, 6) is 2.17. The molecule has 1 aromatic carbocycles. The van der Waals surface area contributed by atoms with E-state index in [4.69, 9.17) is 31.3 Å². The van der Waals surface area contributed by atoms with Crippen LogP contribution < -0.4 is 15.2 Å². The van der Waals surface area contributed by atoms with Gasteiger partial charge >= 0.3 is 0 Å². The summed E-state index contributed by atoms with van der Waals surface area (Å²) >= 11 is 6.19. The summed E-state index contributed by atoms with van der Waals surface area (Å²) in [4.78, 5) is 4.24. The number of halogens is 1. The van der Waals surface area contributed by atoms with E-state index in [0.29, 0.717) is 34.8 Å². The van der Waals surface area contributed by atoms with Crippen molar-refractivity contribution in [3.05, 3.63) is 34.4 Å². The molecule has 0 unspecified atom stereocenters. The van der Waals surface area contributed by atoms with E-state index in [1.165, 1.54) is 0 Å². The van der Waals surface area contributed by atoms with Gasteiger partial charge in [0.25, 0.3) is 0 Å². The molecule has 2 aromatic rings. The van der Waals surface area contributed by atoms with Crippen molar-refractivity contribution in [3.8, 4) is 11.5 Å². The van der Waals surface area contributed by atoms with Crippen molar-refractivity contribution in [2.75, 3.05) is 7.11 Å². The highest BCUT2D eigenvalue weighted by atomic mass is 35.5. The van der Waals surface area contributed by atoms with E-state index in [2.05, 4.69) is 10.1 Å². The van der Waals surface area contributed by atoms with Gasteiger partial charge in [0.1, 0.15) is 0 Å². The number of benzene rings is 1. The molecule has 0 atom stereocenters. The fourth-order valence-electron chi connectivity index (χ4n) is 1.73. The first-order chi connectivity index (χ1) is 10.0. The van der Waals surface area contributed by atoms with Gasteiger partial charge in [0.15, 0.2) is 18.1 Å². The first-order valence-corrected chi connectivity index (χ1v) is 6.94. The van der Waals surface area contributed by atoms with Gasteiger partial charge in [-0.05, 0) is 17.7 Å². The zero-order valence-corrected chi connectivity index (χ0v) is 13.0. The number of nitrogens with two attached hydrogens (primary N) is 1. The third-order valence-electron chi connectivity index (χ3n) is 2.85. The predicted octanol–water partition coefficient (Wildman–Crippen LogP) is 2.89. The lowest BCUT2D eigenvalue weighted by Gasteiger charge is -2.12. The Hall–Kier alpha value is -1.79. The molecule has 0 aliphatic heterocycles. The second kappa shape index (κ2) is 6.78. The van der Waals surface area contributed by atoms with Crippen LogP contribution in [0.2, 0.25) is 5.02 Å². The standard InChI is InChI=1S/C14H18ClN3O3/c1-8(2)14-17-12(18-21-14)7-20-13-10(15)4-9(6-16)5-11(13)19-3/h4-5,8H,6-7,16H2,1-3H3. The lowest BCUT2D eigenvalue weighted by atomic mass is 10.2. The molecule has 114 valence electrons. The molecule has 0 aliphatic rings. The molecule has 2 N–H and O–H groups in total. The minimum Gasteiger partial charge on any atom is -0.493 e. The van der Waals surface area contributed by atoms with Crippen LogP contribution in [0.5, 0.6) is 11.5 Å². The van der Waals surface area contributed by atoms with Crippen LogP contribution in [-0.2, 0) is 13.2 Å². The predicted molar refractivity (Wildman–Crippen MR) is 78.6 cm³/mol. The average Bonchev–Trinajstić information content (AvgIpc) is 2.94. The van der Waals surface area contributed by atoms with E-state index >= 15 is 0 Å². The highest BCUT2D eigenvalue weighted by Gasteiger charge is 2.14. The Morgan fingerprint density at radius 2 is 2.14 bits per heavy atom. The molecule has 1 aromatic heterocycles. The monoisotopic (exact) mass is 311 g/mol. The molecule has 0 spiro atoms. The van der Waals surface area contributed by atoms with Gasteiger partial charge in [0.2, 0.25) is 11.7 Å². The maximum atomic E-state index is 6.19. The smallest absolute Gasteiger partial charge is 0.229 e. The second-order valence-electron chi connectivity index (χ2n) is 4.81. The van der Waals surface area contributed by atoms with Crippen molar-refractivity contribution >= 4 is 11.6 Å². The molecule has 2 rings (SSSR count). The fourth-order valence-corrected chi connectivity index (χ4v) is 2.02. The number of methoxy groups -OCH3 is 1. The SMILES string of the molecule is COc1cc(CN)cc(Cl)c1OCc1noc(C(C)C)n1. The van der Waals surface area contributed by atoms with E-state index in [1.807, 2.05) is 13.8 Å². The molecule has 0 amide bonds. The molecule has 0 bridgehead atoms. The largest absolute Gasteiger partial charge is 0.493 e. The highest BCUT2D eigenvalue weighted by Crippen LogP contribution is 2.36. The Labute approximate surface area is 128 Å². The Morgan fingerprint density at radius 1 is 1.38 bits per heavy atom. The summed E-state index contributed by atoms with van der Waals surface area (Å²) in [6, 6.07) is 3.53. The number of ether oxygens (including phenoxy) is 2. The highest BCUT2D eigenvalue weighted by molar-refractivity contribution is 6.32. The van der Waals surface area contributed by atoms with Crippen LogP contribution in [0, 0.1) is 0 Å². The van der Waals surface area contributed by atoms with Crippen molar-refractivity contribution in [1.82, 2.24) is 10.1 Å². The molecule has 6 nitrogen and oxygen atoms in total. The Balaban J connectivity index is 2.15. The molecule has 1 heterocycles. The Bertz CT molecular complexity index is 614. The number of hydrogen-bond donors (Lipinski definition) is 1. The normalized spacial score (nSPS) is 11.0.